The Morgan fingerprint density at radius 1 is 1.36 bits per heavy atom. The number of aromatic nitrogens is 2. The van der Waals surface area contributed by atoms with E-state index in [2.05, 4.69) is 20.6 Å². The number of hydrogen-bond donors (Lipinski definition) is 2. The number of hydrogen-bond acceptors (Lipinski definition) is 5. The van der Waals surface area contributed by atoms with Gasteiger partial charge in [0.1, 0.15) is 5.82 Å². The first-order chi connectivity index (χ1) is 12.0. The Morgan fingerprint density at radius 2 is 2.20 bits per heavy atom. The van der Waals surface area contributed by atoms with Crippen LogP contribution in [-0.4, -0.2) is 39.8 Å². The van der Waals surface area contributed by atoms with Gasteiger partial charge in [0.2, 0.25) is 5.91 Å². The predicted octanol–water partition coefficient (Wildman–Crippen LogP) is 1.74. The number of anilines is 1. The third kappa shape index (κ3) is 3.93. The second-order valence-electron chi connectivity index (χ2n) is 6.05. The summed E-state index contributed by atoms with van der Waals surface area (Å²) < 4.78 is 0. The zero-order valence-electron chi connectivity index (χ0n) is 14.3. The Morgan fingerprint density at radius 3 is 2.92 bits per heavy atom. The van der Waals surface area contributed by atoms with E-state index in [1.807, 2.05) is 31.3 Å². The van der Waals surface area contributed by atoms with Crippen LogP contribution in [0.4, 0.5) is 5.82 Å². The number of fused-ring (bicyclic) bond motifs is 1. The van der Waals surface area contributed by atoms with Crippen LogP contribution < -0.4 is 10.6 Å². The molecular formula is C18H21N5O2. The normalized spacial score (nSPS) is 14.2. The van der Waals surface area contributed by atoms with Gasteiger partial charge in [0.05, 0.1) is 23.8 Å². The number of rotatable bonds is 6. The van der Waals surface area contributed by atoms with Crippen molar-refractivity contribution in [2.45, 2.75) is 26.4 Å². The lowest BCUT2D eigenvalue weighted by molar-refractivity contribution is -0.119. The topological polar surface area (TPSA) is 87.2 Å². The van der Waals surface area contributed by atoms with Crippen molar-refractivity contribution in [1.29, 1.82) is 0 Å². The fraction of sp³-hybridized carbons (Fsp3) is 0.333. The molecule has 0 aromatic carbocycles. The van der Waals surface area contributed by atoms with Crippen molar-refractivity contribution in [2.75, 3.05) is 18.4 Å². The van der Waals surface area contributed by atoms with Gasteiger partial charge in [-0.05, 0) is 30.7 Å². The highest BCUT2D eigenvalue weighted by molar-refractivity contribution is 5.98. The number of carbonyl (C=O) groups excluding carboxylic acids is 2. The first-order valence-electron chi connectivity index (χ1n) is 8.24. The quantitative estimate of drug-likeness (QED) is 0.837. The Bertz CT molecular complexity index is 778. The van der Waals surface area contributed by atoms with Crippen molar-refractivity contribution in [3.05, 3.63) is 53.5 Å². The van der Waals surface area contributed by atoms with Crippen molar-refractivity contribution >= 4 is 17.6 Å². The van der Waals surface area contributed by atoms with Gasteiger partial charge in [0.15, 0.2) is 0 Å². The lowest BCUT2D eigenvalue weighted by atomic mass is 10.1. The van der Waals surface area contributed by atoms with Crippen LogP contribution in [0.2, 0.25) is 0 Å². The van der Waals surface area contributed by atoms with Crippen molar-refractivity contribution in [3.8, 4) is 0 Å². The molecule has 2 aromatic rings. The average Bonchev–Trinajstić information content (AvgIpc) is 2.91. The summed E-state index contributed by atoms with van der Waals surface area (Å²) in [7, 11) is 0. The number of nitrogens with zero attached hydrogens (tertiary/aromatic N) is 3. The second kappa shape index (κ2) is 7.29. The van der Waals surface area contributed by atoms with Crippen LogP contribution in [0.25, 0.3) is 0 Å². The Balaban J connectivity index is 1.66. The molecule has 25 heavy (non-hydrogen) atoms. The maximum atomic E-state index is 12.4. The highest BCUT2D eigenvalue weighted by Gasteiger charge is 2.28. The van der Waals surface area contributed by atoms with Crippen LogP contribution >= 0.6 is 0 Å². The fourth-order valence-corrected chi connectivity index (χ4v) is 2.80. The number of nitrogens with one attached hydrogen (secondary N) is 2. The minimum absolute atomic E-state index is 0.0419. The Hall–Kier alpha value is -2.96. The van der Waals surface area contributed by atoms with Gasteiger partial charge in [-0.15, -0.1) is 0 Å². The van der Waals surface area contributed by atoms with Gasteiger partial charge in [0.25, 0.3) is 5.91 Å². The first-order valence-corrected chi connectivity index (χ1v) is 8.24. The van der Waals surface area contributed by atoms with E-state index in [9.17, 15) is 9.59 Å². The van der Waals surface area contributed by atoms with Crippen LogP contribution in [0.1, 0.15) is 41.5 Å². The molecule has 2 aromatic heterocycles. The second-order valence-corrected chi connectivity index (χ2v) is 6.05. The summed E-state index contributed by atoms with van der Waals surface area (Å²) in [5.74, 6) is 0.587. The third-order valence-corrected chi connectivity index (χ3v) is 4.14. The van der Waals surface area contributed by atoms with Crippen LogP contribution in [0.5, 0.6) is 0 Å². The number of carbonyl (C=O) groups is 2. The summed E-state index contributed by atoms with van der Waals surface area (Å²) in [6.07, 6.45) is 3.56. The van der Waals surface area contributed by atoms with E-state index >= 15 is 0 Å². The van der Waals surface area contributed by atoms with E-state index in [1.165, 1.54) is 6.92 Å². The molecule has 3 rings (SSSR count). The molecular weight excluding hydrogens is 318 g/mol. The largest absolute Gasteiger partial charge is 0.363 e. The van der Waals surface area contributed by atoms with Gasteiger partial charge >= 0.3 is 0 Å². The van der Waals surface area contributed by atoms with Gasteiger partial charge in [0, 0.05) is 32.4 Å². The van der Waals surface area contributed by atoms with Gasteiger partial charge < -0.3 is 15.5 Å². The van der Waals surface area contributed by atoms with E-state index in [4.69, 9.17) is 0 Å². The van der Waals surface area contributed by atoms with Gasteiger partial charge in [-0.25, -0.2) is 4.98 Å². The molecule has 0 bridgehead atoms. The van der Waals surface area contributed by atoms with E-state index in [0.717, 1.165) is 17.1 Å². The zero-order chi connectivity index (χ0) is 17.8. The van der Waals surface area contributed by atoms with Gasteiger partial charge in [-0.3, -0.25) is 14.6 Å². The molecule has 0 radical (unpaired) electrons. The Kier molecular flexibility index (Phi) is 4.92. The van der Waals surface area contributed by atoms with E-state index in [1.54, 1.807) is 17.2 Å². The van der Waals surface area contributed by atoms with Crippen LogP contribution in [0, 0.1) is 0 Å². The van der Waals surface area contributed by atoms with E-state index < -0.39 is 0 Å². The highest BCUT2D eigenvalue weighted by Crippen LogP contribution is 2.24. The lowest BCUT2D eigenvalue weighted by Crippen LogP contribution is -2.34. The molecule has 0 aliphatic carbocycles. The van der Waals surface area contributed by atoms with Crippen LogP contribution in [0.3, 0.4) is 0 Å². The van der Waals surface area contributed by atoms with E-state index in [-0.39, 0.29) is 17.9 Å². The van der Waals surface area contributed by atoms with Crippen molar-refractivity contribution in [3.63, 3.8) is 0 Å². The summed E-state index contributed by atoms with van der Waals surface area (Å²) in [6.45, 7) is 4.88. The Labute approximate surface area is 146 Å². The highest BCUT2D eigenvalue weighted by atomic mass is 16.2. The van der Waals surface area contributed by atoms with Crippen LogP contribution in [-0.2, 0) is 11.3 Å². The summed E-state index contributed by atoms with van der Waals surface area (Å²) in [5, 5.41) is 6.04. The first kappa shape index (κ1) is 16.9. The summed E-state index contributed by atoms with van der Waals surface area (Å²) in [6, 6.07) is 7.59. The molecule has 0 unspecified atom stereocenters. The maximum absolute atomic E-state index is 12.4. The minimum Gasteiger partial charge on any atom is -0.363 e. The molecule has 0 saturated heterocycles. The summed E-state index contributed by atoms with van der Waals surface area (Å²) in [5.41, 5.74) is 2.46. The van der Waals surface area contributed by atoms with Crippen molar-refractivity contribution < 1.29 is 9.59 Å². The molecule has 130 valence electrons. The summed E-state index contributed by atoms with van der Waals surface area (Å²) >= 11 is 0. The SMILES string of the molecule is CC(=O)NCCN1Cc2nc(N[C@H](C)c3cccnc3)ccc2C1=O. The van der Waals surface area contributed by atoms with Crippen molar-refractivity contribution in [2.24, 2.45) is 0 Å². The number of pyridine rings is 2. The van der Waals surface area contributed by atoms with Gasteiger partial charge in [-0.2, -0.15) is 0 Å². The molecule has 1 aliphatic heterocycles. The molecule has 1 aliphatic rings. The third-order valence-electron chi connectivity index (χ3n) is 4.14. The molecule has 2 N–H and O–H groups in total. The smallest absolute Gasteiger partial charge is 0.256 e. The molecule has 0 fully saturated rings. The molecule has 2 amide bonds. The maximum Gasteiger partial charge on any atom is 0.256 e. The standard InChI is InChI=1S/C18H21N5O2/c1-12(14-4-3-7-19-10-14)21-17-6-5-15-16(22-17)11-23(18(15)25)9-8-20-13(2)24/h3-7,10,12H,8-9,11H2,1-2H3,(H,20,24)(H,21,22)/t12-/m1/s1. The monoisotopic (exact) mass is 339 g/mol. The minimum atomic E-state index is -0.0989. The van der Waals surface area contributed by atoms with Crippen molar-refractivity contribution in [1.82, 2.24) is 20.2 Å². The van der Waals surface area contributed by atoms with E-state index in [0.29, 0.717) is 25.2 Å². The lowest BCUT2D eigenvalue weighted by Gasteiger charge is -2.15. The number of amides is 2. The molecule has 7 heteroatoms. The predicted molar refractivity (Wildman–Crippen MR) is 93.9 cm³/mol. The average molecular weight is 339 g/mol. The molecule has 1 atom stereocenters. The van der Waals surface area contributed by atoms with Crippen LogP contribution in [0.15, 0.2) is 36.7 Å². The summed E-state index contributed by atoms with van der Waals surface area (Å²) in [4.78, 5) is 33.7. The molecule has 0 saturated carbocycles. The molecule has 7 nitrogen and oxygen atoms in total. The fourth-order valence-electron chi connectivity index (χ4n) is 2.80. The molecule has 3 heterocycles. The molecule has 0 spiro atoms. The zero-order valence-corrected chi connectivity index (χ0v) is 14.3. The van der Waals surface area contributed by atoms with Gasteiger partial charge in [-0.1, -0.05) is 6.07 Å².